The number of hydrogen-bond acceptors (Lipinski definition) is 6. The second-order valence-electron chi connectivity index (χ2n) is 15.1. The van der Waals surface area contributed by atoms with Crippen molar-refractivity contribution in [3.8, 4) is 0 Å². The average molecular weight is 557 g/mol. The maximum absolute atomic E-state index is 12.5. The van der Waals surface area contributed by atoms with E-state index < -0.39 is 6.29 Å². The minimum atomic E-state index is -0.840. The van der Waals surface area contributed by atoms with Gasteiger partial charge in [0.15, 0.2) is 6.29 Å². The summed E-state index contributed by atoms with van der Waals surface area (Å²) < 4.78 is 18.2. The fourth-order valence-corrected chi connectivity index (χ4v) is 10.6. The summed E-state index contributed by atoms with van der Waals surface area (Å²) in [5.74, 6) is 0.562. The third kappa shape index (κ3) is 4.25. The molecule has 40 heavy (non-hydrogen) atoms. The first-order valence-electron chi connectivity index (χ1n) is 15.6. The largest absolute Gasteiger partial charge is 0.462 e. The number of carbonyl (C=O) groups excluding carboxylic acids is 2. The average Bonchev–Trinajstić information content (AvgIpc) is 3.09. The molecule has 0 amide bonds. The van der Waals surface area contributed by atoms with Crippen molar-refractivity contribution >= 4 is 11.9 Å². The lowest BCUT2D eigenvalue weighted by atomic mass is 9.43. The molecular weight excluding hydrogens is 504 g/mol. The Morgan fingerprint density at radius 2 is 1.62 bits per heavy atom. The van der Waals surface area contributed by atoms with Crippen molar-refractivity contribution in [1.29, 1.82) is 0 Å². The van der Waals surface area contributed by atoms with Gasteiger partial charge in [-0.3, -0.25) is 9.59 Å². The van der Waals surface area contributed by atoms with Crippen LogP contribution < -0.4 is 0 Å². The molecule has 1 aliphatic heterocycles. The zero-order chi connectivity index (χ0) is 29.4. The van der Waals surface area contributed by atoms with E-state index in [-0.39, 0.29) is 57.8 Å². The Morgan fingerprint density at radius 1 is 0.975 bits per heavy atom. The molecule has 2 fully saturated rings. The van der Waals surface area contributed by atoms with Crippen LogP contribution in [-0.4, -0.2) is 41.6 Å². The van der Waals surface area contributed by atoms with Crippen molar-refractivity contribution in [2.75, 3.05) is 0 Å². The smallest absolute Gasteiger partial charge is 0.302 e. The predicted molar refractivity (Wildman–Crippen MR) is 154 cm³/mol. The standard InChI is InChI=1S/C34H52O6/c1-19-10-12-26(40-30(19)37)20(2)25-18-29(39-22(4)36)34(9)24-11-13-27-31(5,6)28(38-21(3)35)15-16-32(27,7)23(24)14-17-33(25,34)8/h10,20,25-30,37H,11-18H2,1-9H3/t20-,25+,26-,27-,28-,29-,30-,32+,33+,34+/m0/s1. The molecule has 0 aromatic rings. The summed E-state index contributed by atoms with van der Waals surface area (Å²) in [5.41, 5.74) is 3.63. The number of carbonyl (C=O) groups is 2. The predicted octanol–water partition coefficient (Wildman–Crippen LogP) is 6.90. The van der Waals surface area contributed by atoms with Gasteiger partial charge in [-0.05, 0) is 92.4 Å². The van der Waals surface area contributed by atoms with Gasteiger partial charge in [-0.2, -0.15) is 0 Å². The number of fused-ring (bicyclic) bond motifs is 4. The van der Waals surface area contributed by atoms with Gasteiger partial charge >= 0.3 is 11.9 Å². The number of aliphatic hydroxyl groups is 1. The normalized spacial score (nSPS) is 45.0. The Morgan fingerprint density at radius 3 is 2.25 bits per heavy atom. The zero-order valence-electron chi connectivity index (χ0n) is 26.3. The second-order valence-corrected chi connectivity index (χ2v) is 15.1. The lowest BCUT2D eigenvalue weighted by Crippen LogP contribution is -2.57. The van der Waals surface area contributed by atoms with Crippen LogP contribution in [0.25, 0.3) is 0 Å². The molecule has 5 aliphatic rings. The van der Waals surface area contributed by atoms with Crippen molar-refractivity contribution in [2.24, 2.45) is 39.4 Å². The van der Waals surface area contributed by atoms with Gasteiger partial charge in [-0.15, -0.1) is 0 Å². The summed E-state index contributed by atoms with van der Waals surface area (Å²) in [4.78, 5) is 24.4. The Balaban J connectivity index is 1.54. The van der Waals surface area contributed by atoms with Gasteiger partial charge in [0, 0.05) is 24.7 Å². The maximum atomic E-state index is 12.5. The van der Waals surface area contributed by atoms with E-state index in [0.29, 0.717) is 11.8 Å². The summed E-state index contributed by atoms with van der Waals surface area (Å²) in [7, 11) is 0. The van der Waals surface area contributed by atoms with Gasteiger partial charge in [0.25, 0.3) is 0 Å². The summed E-state index contributed by atoms with van der Waals surface area (Å²) in [6.45, 7) is 19.2. The highest BCUT2D eigenvalue weighted by molar-refractivity contribution is 5.67. The van der Waals surface area contributed by atoms with Gasteiger partial charge in [-0.25, -0.2) is 0 Å². The van der Waals surface area contributed by atoms with E-state index in [1.54, 1.807) is 12.5 Å². The highest BCUT2D eigenvalue weighted by Crippen LogP contribution is 2.73. The number of aliphatic hydroxyl groups excluding tert-OH is 1. The monoisotopic (exact) mass is 556 g/mol. The molecule has 0 spiro atoms. The highest BCUT2D eigenvalue weighted by Gasteiger charge is 2.68. The molecule has 6 heteroatoms. The number of allylic oxidation sites excluding steroid dienone is 1. The molecule has 0 radical (unpaired) electrons. The topological polar surface area (TPSA) is 82.1 Å². The molecule has 1 N–H and O–H groups in total. The van der Waals surface area contributed by atoms with Crippen LogP contribution in [0.15, 0.2) is 22.8 Å². The van der Waals surface area contributed by atoms with E-state index in [9.17, 15) is 14.7 Å². The van der Waals surface area contributed by atoms with E-state index in [4.69, 9.17) is 14.2 Å². The Kier molecular flexibility index (Phi) is 7.43. The van der Waals surface area contributed by atoms with Crippen molar-refractivity contribution < 1.29 is 28.9 Å². The van der Waals surface area contributed by atoms with Crippen LogP contribution in [-0.2, 0) is 23.8 Å². The SMILES string of the molecule is CC(=O)O[C@H]1CC[C@]2(C)C3=C(CC[C@H]2C1(C)C)[C@]1(C)[C@@H](OC(C)=O)C[C@H]([C@H](C)[C@@H]2CC=C(C)[C@@H](O)O2)[C@@]1(C)CC3. The molecule has 0 bridgehead atoms. The van der Waals surface area contributed by atoms with Crippen LogP contribution >= 0.6 is 0 Å². The third-order valence-electron chi connectivity index (χ3n) is 13.0. The van der Waals surface area contributed by atoms with E-state index in [2.05, 4.69) is 47.6 Å². The van der Waals surface area contributed by atoms with Gasteiger partial charge in [0.1, 0.15) is 12.2 Å². The minimum Gasteiger partial charge on any atom is -0.462 e. The van der Waals surface area contributed by atoms with Gasteiger partial charge in [0.2, 0.25) is 0 Å². The lowest BCUT2D eigenvalue weighted by molar-refractivity contribution is -0.168. The number of ether oxygens (including phenoxy) is 3. The molecule has 6 nitrogen and oxygen atoms in total. The van der Waals surface area contributed by atoms with Crippen molar-refractivity contribution in [1.82, 2.24) is 0 Å². The molecule has 4 aliphatic carbocycles. The molecule has 0 aromatic carbocycles. The third-order valence-corrected chi connectivity index (χ3v) is 13.0. The Bertz CT molecular complexity index is 1120. The van der Waals surface area contributed by atoms with E-state index in [1.165, 1.54) is 12.5 Å². The zero-order valence-corrected chi connectivity index (χ0v) is 26.3. The van der Waals surface area contributed by atoms with Crippen LogP contribution in [0.4, 0.5) is 0 Å². The Hall–Kier alpha value is -1.66. The molecule has 5 rings (SSSR count). The molecule has 2 saturated carbocycles. The molecule has 10 atom stereocenters. The highest BCUT2D eigenvalue weighted by atomic mass is 16.6. The first-order valence-corrected chi connectivity index (χ1v) is 15.6. The van der Waals surface area contributed by atoms with Crippen molar-refractivity contribution in [3.05, 3.63) is 22.8 Å². The maximum Gasteiger partial charge on any atom is 0.302 e. The molecule has 0 saturated heterocycles. The first-order chi connectivity index (χ1) is 18.6. The molecular formula is C34H52O6. The molecule has 224 valence electrons. The molecule has 1 heterocycles. The molecule has 0 aromatic heterocycles. The van der Waals surface area contributed by atoms with Gasteiger partial charge < -0.3 is 19.3 Å². The fraction of sp³-hybridized carbons (Fsp3) is 0.824. The summed E-state index contributed by atoms with van der Waals surface area (Å²) in [6.07, 6.45) is 8.68. The quantitative estimate of drug-likeness (QED) is 0.300. The second kappa shape index (κ2) is 9.97. The van der Waals surface area contributed by atoms with E-state index in [0.717, 1.165) is 56.9 Å². The van der Waals surface area contributed by atoms with Crippen LogP contribution in [0, 0.1) is 39.4 Å². The van der Waals surface area contributed by atoms with Gasteiger partial charge in [0.05, 0.1) is 6.10 Å². The van der Waals surface area contributed by atoms with Gasteiger partial charge in [-0.1, -0.05) is 58.8 Å². The van der Waals surface area contributed by atoms with E-state index >= 15 is 0 Å². The Labute approximate surface area is 241 Å². The first kappa shape index (κ1) is 29.8. The number of hydrogen-bond donors (Lipinski definition) is 1. The molecule has 0 unspecified atom stereocenters. The van der Waals surface area contributed by atoms with Crippen LogP contribution in [0.3, 0.4) is 0 Å². The lowest BCUT2D eigenvalue weighted by Gasteiger charge is -2.62. The van der Waals surface area contributed by atoms with Crippen LogP contribution in [0.2, 0.25) is 0 Å². The fourth-order valence-electron chi connectivity index (χ4n) is 10.6. The summed E-state index contributed by atoms with van der Waals surface area (Å²) in [5, 5.41) is 10.5. The summed E-state index contributed by atoms with van der Waals surface area (Å²) >= 11 is 0. The van der Waals surface area contributed by atoms with Crippen LogP contribution in [0.5, 0.6) is 0 Å². The van der Waals surface area contributed by atoms with Crippen LogP contribution in [0.1, 0.15) is 114 Å². The summed E-state index contributed by atoms with van der Waals surface area (Å²) in [6, 6.07) is 0. The van der Waals surface area contributed by atoms with Crippen molar-refractivity contribution in [2.45, 2.75) is 138 Å². The number of esters is 2. The van der Waals surface area contributed by atoms with E-state index in [1.807, 2.05) is 6.92 Å². The van der Waals surface area contributed by atoms with Crippen molar-refractivity contribution in [3.63, 3.8) is 0 Å². The minimum absolute atomic E-state index is 0.0431. The number of rotatable bonds is 4.